The van der Waals surface area contributed by atoms with Gasteiger partial charge in [-0.3, -0.25) is 14.7 Å². The summed E-state index contributed by atoms with van der Waals surface area (Å²) < 4.78 is 56.5. The monoisotopic (exact) mass is 826 g/mol. The molecule has 314 valence electrons. The Bertz CT molecular complexity index is 2420. The molecule has 2 aromatic carbocycles. The van der Waals surface area contributed by atoms with Crippen LogP contribution in [0.15, 0.2) is 103 Å². The maximum Gasteiger partial charge on any atom is 0.351 e. The van der Waals surface area contributed by atoms with E-state index in [0.717, 1.165) is 72.3 Å². The lowest BCUT2D eigenvalue weighted by molar-refractivity contribution is -0.207. The average molecular weight is 827 g/mol. The van der Waals surface area contributed by atoms with E-state index in [4.69, 9.17) is 4.74 Å². The summed E-state index contributed by atoms with van der Waals surface area (Å²) >= 11 is 0. The lowest BCUT2D eigenvalue weighted by atomic mass is 9.84. The molecule has 7 rings (SSSR count). The number of aliphatic hydroxyl groups is 1. The predicted molar refractivity (Wildman–Crippen MR) is 215 cm³/mol. The summed E-state index contributed by atoms with van der Waals surface area (Å²) in [5, 5.41) is 26.3. The second-order valence-corrected chi connectivity index (χ2v) is 14.9. The lowest BCUT2D eigenvalue weighted by Gasteiger charge is -2.37. The third-order valence-electron chi connectivity index (χ3n) is 10.6. The fraction of sp³-hybridized carbons (Fsp3) is 0.366. The van der Waals surface area contributed by atoms with E-state index in [2.05, 4.69) is 40.4 Å². The molecule has 1 fully saturated rings. The number of anilines is 2. The second kappa shape index (κ2) is 17.4. The number of carbonyl (C=O) groups excluding carboxylic acids is 1. The predicted octanol–water partition coefficient (Wildman–Crippen LogP) is 4.07. The number of piperazine rings is 1. The molecule has 0 aliphatic carbocycles. The largest absolute Gasteiger partial charge is 0.459 e. The zero-order chi connectivity index (χ0) is 42.6. The van der Waals surface area contributed by atoms with E-state index in [9.17, 15) is 19.1 Å². The number of hydrogen-bond acceptors (Lipinski definition) is 13. The zero-order valence-electron chi connectivity index (χ0n) is 33.5. The number of nitrogens with zero attached hydrogens (tertiary/aromatic N) is 12. The number of pyridine rings is 2. The maximum atomic E-state index is 16.2. The Balaban J connectivity index is 0.971. The number of halogens is 3. The number of tetrazole rings is 1. The van der Waals surface area contributed by atoms with Gasteiger partial charge in [-0.2, -0.15) is 13.9 Å². The molecule has 16 nitrogen and oxygen atoms in total. The summed E-state index contributed by atoms with van der Waals surface area (Å²) in [5.41, 5.74) is -1.59. The lowest BCUT2D eigenvalue weighted by Crippen LogP contribution is -2.48. The van der Waals surface area contributed by atoms with E-state index in [1.54, 1.807) is 38.2 Å². The molecule has 0 radical (unpaired) electrons. The summed E-state index contributed by atoms with van der Waals surface area (Å²) in [5.74, 6) is -5.01. The topological polar surface area (TPSA) is 165 Å². The molecule has 0 bridgehead atoms. The highest BCUT2D eigenvalue weighted by molar-refractivity contribution is 5.71. The van der Waals surface area contributed by atoms with Crippen molar-refractivity contribution in [3.63, 3.8) is 0 Å². The number of likely N-dealkylation sites (N-methyl/N-ethyl adjacent to an activating group) is 1. The Morgan fingerprint density at radius 1 is 0.900 bits per heavy atom. The van der Waals surface area contributed by atoms with E-state index in [1.165, 1.54) is 40.0 Å². The number of hydrogen-bond donors (Lipinski definition) is 1. The van der Waals surface area contributed by atoms with Gasteiger partial charge in [-0.1, -0.05) is 43.3 Å². The second-order valence-electron chi connectivity index (χ2n) is 14.9. The van der Waals surface area contributed by atoms with Crippen LogP contribution in [-0.2, 0) is 27.6 Å². The van der Waals surface area contributed by atoms with Crippen molar-refractivity contribution >= 4 is 17.3 Å². The zero-order valence-corrected chi connectivity index (χ0v) is 33.5. The van der Waals surface area contributed by atoms with Gasteiger partial charge < -0.3 is 19.6 Å². The third-order valence-corrected chi connectivity index (χ3v) is 10.6. The van der Waals surface area contributed by atoms with Crippen molar-refractivity contribution in [1.82, 2.24) is 49.4 Å². The molecule has 2 unspecified atom stereocenters. The van der Waals surface area contributed by atoms with Gasteiger partial charge >= 0.3 is 17.6 Å². The fourth-order valence-corrected chi connectivity index (χ4v) is 7.38. The molecule has 1 aliphatic rings. The van der Waals surface area contributed by atoms with Crippen molar-refractivity contribution in [3.8, 4) is 16.9 Å². The molecule has 1 saturated heterocycles. The number of esters is 1. The number of aromatic nitrogens is 9. The highest BCUT2D eigenvalue weighted by Gasteiger charge is 2.57. The van der Waals surface area contributed by atoms with Crippen LogP contribution in [0.5, 0.6) is 0 Å². The van der Waals surface area contributed by atoms with Crippen LogP contribution in [0.2, 0.25) is 0 Å². The van der Waals surface area contributed by atoms with Gasteiger partial charge in [0.1, 0.15) is 36.1 Å². The van der Waals surface area contributed by atoms with Crippen LogP contribution < -0.4 is 15.5 Å². The van der Waals surface area contributed by atoms with Crippen molar-refractivity contribution < 1.29 is 27.8 Å². The highest BCUT2D eigenvalue weighted by Crippen LogP contribution is 2.46. The van der Waals surface area contributed by atoms with Crippen LogP contribution in [-0.4, -0.2) is 113 Å². The minimum atomic E-state index is -4.04. The van der Waals surface area contributed by atoms with Gasteiger partial charge in [-0.05, 0) is 79.8 Å². The first-order valence-electron chi connectivity index (χ1n) is 19.4. The van der Waals surface area contributed by atoms with Crippen LogP contribution in [0.1, 0.15) is 37.6 Å². The Morgan fingerprint density at radius 2 is 1.58 bits per heavy atom. The van der Waals surface area contributed by atoms with E-state index in [-0.39, 0.29) is 18.2 Å². The maximum absolute atomic E-state index is 16.2. The molecule has 0 amide bonds. The highest BCUT2D eigenvalue weighted by atomic mass is 19.3. The quantitative estimate of drug-likeness (QED) is 0.148. The SMILES string of the molecule is CCC(C(C)OC(=O)CN(C)C)n1ncn(-c2ccc(N3CCN(c4ccc(-c5ccc(C(F)(F)[C@@](O)(Cn6cnnn6)c6ccccc6F)nc5)cc4)CC3)cn2)c1=O. The van der Waals surface area contributed by atoms with E-state index in [0.29, 0.717) is 17.8 Å². The first-order valence-corrected chi connectivity index (χ1v) is 19.4. The van der Waals surface area contributed by atoms with E-state index in [1.807, 2.05) is 37.3 Å². The third kappa shape index (κ3) is 8.48. The van der Waals surface area contributed by atoms with Gasteiger partial charge in [0.25, 0.3) is 0 Å². The molecule has 4 aromatic heterocycles. The summed E-state index contributed by atoms with van der Waals surface area (Å²) in [6, 6.07) is 18.4. The first-order chi connectivity index (χ1) is 28.8. The number of carbonyl (C=O) groups is 1. The minimum Gasteiger partial charge on any atom is -0.459 e. The van der Waals surface area contributed by atoms with Crippen LogP contribution in [0.3, 0.4) is 0 Å². The molecule has 6 aromatic rings. The van der Waals surface area contributed by atoms with E-state index < -0.39 is 47.3 Å². The molecular formula is C41H45F3N12O4. The normalized spacial score (nSPS) is 15.5. The minimum absolute atomic E-state index is 0.135. The van der Waals surface area contributed by atoms with Crippen LogP contribution in [0.4, 0.5) is 24.5 Å². The Kier molecular flexibility index (Phi) is 12.1. The van der Waals surface area contributed by atoms with Crippen molar-refractivity contribution in [2.24, 2.45) is 0 Å². The average Bonchev–Trinajstić information content (AvgIpc) is 3.90. The first kappa shape index (κ1) is 41.7. The molecule has 5 heterocycles. The van der Waals surface area contributed by atoms with Gasteiger partial charge in [-0.25, -0.2) is 28.1 Å². The van der Waals surface area contributed by atoms with Crippen molar-refractivity contribution in [2.75, 3.05) is 56.6 Å². The Labute approximate surface area is 343 Å². The summed E-state index contributed by atoms with van der Waals surface area (Å²) in [6.07, 6.45) is 5.49. The Morgan fingerprint density at radius 3 is 2.18 bits per heavy atom. The van der Waals surface area contributed by atoms with Crippen LogP contribution in [0, 0.1) is 5.82 Å². The molecule has 1 aliphatic heterocycles. The van der Waals surface area contributed by atoms with Crippen LogP contribution in [0.25, 0.3) is 16.9 Å². The number of ether oxygens (including phenoxy) is 1. The van der Waals surface area contributed by atoms with Crippen LogP contribution >= 0.6 is 0 Å². The smallest absolute Gasteiger partial charge is 0.351 e. The summed E-state index contributed by atoms with van der Waals surface area (Å²) in [7, 11) is 3.56. The van der Waals surface area contributed by atoms with Crippen molar-refractivity contribution in [3.05, 3.63) is 125 Å². The molecule has 0 spiro atoms. The fourth-order valence-electron chi connectivity index (χ4n) is 7.38. The van der Waals surface area contributed by atoms with Gasteiger partial charge in [-0.15, -0.1) is 5.10 Å². The standard InChI is InChI=1S/C41H45F3N12O4/c1-5-35(28(2)60-38(57)24-51(3)4)56-39(58)55(27-48-56)37-17-15-32(23-46-37)53-20-18-52(19-21-53)31-13-10-29(11-14-31)30-12-16-36(45-22-30)41(43,44)40(59,25-54-26-47-49-50-54)33-8-6-7-9-34(33)42/h6-17,22-23,26-28,35,59H,5,18-21,24-25H2,1-4H3/t28?,35?,40-/m1/s1. The van der Waals surface area contributed by atoms with Crippen molar-refractivity contribution in [1.29, 1.82) is 0 Å². The van der Waals surface area contributed by atoms with Crippen molar-refractivity contribution in [2.45, 2.75) is 50.5 Å². The number of rotatable bonds is 15. The summed E-state index contributed by atoms with van der Waals surface area (Å²) in [6.45, 7) is 5.86. The van der Waals surface area contributed by atoms with E-state index >= 15 is 8.78 Å². The molecule has 60 heavy (non-hydrogen) atoms. The van der Waals surface area contributed by atoms with Gasteiger partial charge in [0.05, 0.1) is 31.0 Å². The Hall–Kier alpha value is -6.47. The number of alkyl halides is 2. The summed E-state index contributed by atoms with van der Waals surface area (Å²) in [4.78, 5) is 40.4. The number of benzene rings is 2. The molecule has 1 N–H and O–H groups in total. The van der Waals surface area contributed by atoms with Gasteiger partial charge in [0.2, 0.25) is 0 Å². The van der Waals surface area contributed by atoms with Gasteiger partial charge in [0.15, 0.2) is 5.60 Å². The molecular weight excluding hydrogens is 782 g/mol. The molecule has 19 heteroatoms. The molecule has 0 saturated carbocycles. The van der Waals surface area contributed by atoms with Gasteiger partial charge in [0, 0.05) is 49.2 Å². The molecule has 3 atom stereocenters.